The maximum atomic E-state index is 11.2. The third kappa shape index (κ3) is 3.04. The van der Waals surface area contributed by atoms with Crippen LogP contribution < -0.4 is 0 Å². The van der Waals surface area contributed by atoms with Gasteiger partial charge in [-0.2, -0.15) is 0 Å². The topological polar surface area (TPSA) is 87.3 Å². The van der Waals surface area contributed by atoms with Crippen LogP contribution in [-0.4, -0.2) is 27.1 Å². The Bertz CT molecular complexity index is 388. The molecule has 1 unspecified atom stereocenters. The van der Waals surface area contributed by atoms with Crippen LogP contribution in [0.2, 0.25) is 0 Å². The first-order valence-corrected chi connectivity index (χ1v) is 4.88. The second-order valence-corrected chi connectivity index (χ2v) is 3.29. The van der Waals surface area contributed by atoms with E-state index in [2.05, 4.69) is 4.98 Å². The highest BCUT2D eigenvalue weighted by molar-refractivity contribution is 5.69. The van der Waals surface area contributed by atoms with Gasteiger partial charge in [0.05, 0.1) is 13.0 Å². The number of hydrogen-bond donors (Lipinski definition) is 0. The van der Waals surface area contributed by atoms with E-state index in [-0.39, 0.29) is 24.2 Å². The van der Waals surface area contributed by atoms with Gasteiger partial charge in [-0.15, -0.1) is 0 Å². The van der Waals surface area contributed by atoms with E-state index in [0.717, 1.165) is 0 Å². The third-order valence-electron chi connectivity index (χ3n) is 2.05. The van der Waals surface area contributed by atoms with Gasteiger partial charge in [-0.05, 0) is 23.8 Å². The third-order valence-corrected chi connectivity index (χ3v) is 2.05. The van der Waals surface area contributed by atoms with E-state index in [0.29, 0.717) is 6.61 Å². The molecule has 0 aliphatic carbocycles. The van der Waals surface area contributed by atoms with E-state index in [4.69, 9.17) is 4.74 Å². The van der Waals surface area contributed by atoms with Crippen molar-refractivity contribution in [2.45, 2.75) is 26.3 Å². The second-order valence-electron chi connectivity index (χ2n) is 3.29. The van der Waals surface area contributed by atoms with E-state index in [1.165, 1.54) is 17.1 Å². The molecule has 1 aromatic heterocycles. The SMILES string of the molecule is CCOC(=O)CC(C)n1cnc([N+](=O)[O-])c1. The molecular weight excluding hydrogens is 214 g/mol. The van der Waals surface area contributed by atoms with Gasteiger partial charge in [0.1, 0.15) is 6.20 Å². The minimum Gasteiger partial charge on any atom is -0.466 e. The average Bonchev–Trinajstić information content (AvgIpc) is 2.66. The molecule has 1 aromatic rings. The summed E-state index contributed by atoms with van der Waals surface area (Å²) in [5.74, 6) is -0.554. The Labute approximate surface area is 92.2 Å². The van der Waals surface area contributed by atoms with Crippen LogP contribution in [-0.2, 0) is 9.53 Å². The van der Waals surface area contributed by atoms with Crippen molar-refractivity contribution >= 4 is 11.8 Å². The standard InChI is InChI=1S/C9H13N3O4/c1-3-16-9(13)4-7(2)11-5-8(10-6-11)12(14)15/h5-7H,3-4H2,1-2H3. The van der Waals surface area contributed by atoms with Crippen molar-refractivity contribution in [1.82, 2.24) is 9.55 Å². The van der Waals surface area contributed by atoms with Crippen molar-refractivity contribution < 1.29 is 14.5 Å². The van der Waals surface area contributed by atoms with Crippen molar-refractivity contribution in [3.63, 3.8) is 0 Å². The summed E-state index contributed by atoms with van der Waals surface area (Å²) in [7, 11) is 0. The molecular formula is C9H13N3O4. The molecule has 0 spiro atoms. The fourth-order valence-electron chi connectivity index (χ4n) is 1.23. The molecule has 1 atom stereocenters. The summed E-state index contributed by atoms with van der Waals surface area (Å²) in [6, 6.07) is -0.208. The molecule has 1 heterocycles. The van der Waals surface area contributed by atoms with E-state index in [1.54, 1.807) is 13.8 Å². The minimum atomic E-state index is -0.576. The lowest BCUT2D eigenvalue weighted by Gasteiger charge is -2.10. The zero-order chi connectivity index (χ0) is 12.1. The Morgan fingerprint density at radius 1 is 1.75 bits per heavy atom. The molecule has 0 fully saturated rings. The molecule has 0 bridgehead atoms. The summed E-state index contributed by atoms with van der Waals surface area (Å²) in [5.41, 5.74) is 0. The number of rotatable bonds is 5. The molecule has 7 heteroatoms. The first-order valence-electron chi connectivity index (χ1n) is 4.88. The van der Waals surface area contributed by atoms with Gasteiger partial charge in [0.15, 0.2) is 0 Å². The number of aromatic nitrogens is 2. The fourth-order valence-corrected chi connectivity index (χ4v) is 1.23. The predicted molar refractivity (Wildman–Crippen MR) is 54.8 cm³/mol. The van der Waals surface area contributed by atoms with E-state index in [1.807, 2.05) is 0 Å². The summed E-state index contributed by atoms with van der Waals surface area (Å²) in [5, 5.41) is 10.4. The summed E-state index contributed by atoms with van der Waals surface area (Å²) in [4.78, 5) is 24.6. The zero-order valence-corrected chi connectivity index (χ0v) is 9.12. The molecule has 0 N–H and O–H groups in total. The highest BCUT2D eigenvalue weighted by atomic mass is 16.6. The highest BCUT2D eigenvalue weighted by Crippen LogP contribution is 2.15. The van der Waals surface area contributed by atoms with Gasteiger partial charge in [-0.25, -0.2) is 0 Å². The maximum Gasteiger partial charge on any atom is 0.381 e. The van der Waals surface area contributed by atoms with Crippen molar-refractivity contribution in [1.29, 1.82) is 0 Å². The van der Waals surface area contributed by atoms with Gasteiger partial charge in [0, 0.05) is 6.04 Å². The predicted octanol–water partition coefficient (Wildman–Crippen LogP) is 1.31. The summed E-state index contributed by atoms with van der Waals surface area (Å²) in [6.07, 6.45) is 2.80. The second kappa shape index (κ2) is 5.24. The van der Waals surface area contributed by atoms with Crippen molar-refractivity contribution in [2.75, 3.05) is 6.61 Å². The molecule has 0 aromatic carbocycles. The van der Waals surface area contributed by atoms with Crippen LogP contribution >= 0.6 is 0 Å². The van der Waals surface area contributed by atoms with Gasteiger partial charge in [0.2, 0.25) is 6.33 Å². The summed E-state index contributed by atoms with van der Waals surface area (Å²) < 4.78 is 6.30. The van der Waals surface area contributed by atoms with Gasteiger partial charge in [-0.3, -0.25) is 4.79 Å². The van der Waals surface area contributed by atoms with Crippen LogP contribution in [0.15, 0.2) is 12.5 Å². The average molecular weight is 227 g/mol. The van der Waals surface area contributed by atoms with Crippen LogP contribution in [0.5, 0.6) is 0 Å². The van der Waals surface area contributed by atoms with Crippen LogP contribution in [0.25, 0.3) is 0 Å². The molecule has 7 nitrogen and oxygen atoms in total. The Morgan fingerprint density at radius 2 is 2.44 bits per heavy atom. The highest BCUT2D eigenvalue weighted by Gasteiger charge is 2.16. The Hall–Kier alpha value is -1.92. The first-order chi connectivity index (χ1) is 7.54. The van der Waals surface area contributed by atoms with E-state index < -0.39 is 4.92 Å². The lowest BCUT2D eigenvalue weighted by molar-refractivity contribution is -0.389. The number of ether oxygens (including phenoxy) is 1. The van der Waals surface area contributed by atoms with E-state index >= 15 is 0 Å². The van der Waals surface area contributed by atoms with Gasteiger partial charge < -0.3 is 19.4 Å². The Morgan fingerprint density at radius 3 is 2.94 bits per heavy atom. The molecule has 88 valence electrons. The molecule has 16 heavy (non-hydrogen) atoms. The number of carbonyl (C=O) groups is 1. The smallest absolute Gasteiger partial charge is 0.381 e. The molecule has 1 rings (SSSR count). The largest absolute Gasteiger partial charge is 0.466 e. The van der Waals surface area contributed by atoms with Crippen LogP contribution in [0.1, 0.15) is 26.3 Å². The maximum absolute atomic E-state index is 11.2. The van der Waals surface area contributed by atoms with Crippen molar-refractivity contribution in [3.05, 3.63) is 22.6 Å². The van der Waals surface area contributed by atoms with Crippen LogP contribution in [0.4, 0.5) is 5.82 Å². The Kier molecular flexibility index (Phi) is 3.98. The first kappa shape index (κ1) is 12.2. The fraction of sp³-hybridized carbons (Fsp3) is 0.556. The minimum absolute atomic E-state index is 0.168. The lowest BCUT2D eigenvalue weighted by atomic mass is 10.2. The van der Waals surface area contributed by atoms with Crippen LogP contribution in [0, 0.1) is 10.1 Å². The zero-order valence-electron chi connectivity index (χ0n) is 9.12. The number of esters is 1. The normalized spacial score (nSPS) is 12.1. The number of nitro groups is 1. The molecule has 0 aliphatic heterocycles. The molecule has 0 amide bonds. The molecule has 0 saturated carbocycles. The number of nitrogens with zero attached hydrogens (tertiary/aromatic N) is 3. The van der Waals surface area contributed by atoms with E-state index in [9.17, 15) is 14.9 Å². The summed E-state index contributed by atoms with van der Waals surface area (Å²) in [6.45, 7) is 3.82. The molecule has 0 radical (unpaired) electrons. The summed E-state index contributed by atoms with van der Waals surface area (Å²) >= 11 is 0. The quantitative estimate of drug-likeness (QED) is 0.430. The van der Waals surface area contributed by atoms with Crippen LogP contribution in [0.3, 0.4) is 0 Å². The monoisotopic (exact) mass is 227 g/mol. The van der Waals surface area contributed by atoms with Gasteiger partial charge in [-0.1, -0.05) is 0 Å². The number of carbonyl (C=O) groups excluding carboxylic acids is 1. The molecule has 0 saturated heterocycles. The Balaban J connectivity index is 2.62. The molecule has 0 aliphatic rings. The number of hydrogen-bond acceptors (Lipinski definition) is 5. The lowest BCUT2D eigenvalue weighted by Crippen LogP contribution is -2.12. The number of imidazole rings is 1. The van der Waals surface area contributed by atoms with Gasteiger partial charge in [0.25, 0.3) is 0 Å². The van der Waals surface area contributed by atoms with Crippen molar-refractivity contribution in [3.8, 4) is 0 Å². The van der Waals surface area contributed by atoms with Crippen molar-refractivity contribution in [2.24, 2.45) is 0 Å². The van der Waals surface area contributed by atoms with Gasteiger partial charge >= 0.3 is 11.8 Å².